The second-order valence-electron chi connectivity index (χ2n) is 7.41. The number of halogens is 1. The molecule has 2 aromatic rings. The van der Waals surface area contributed by atoms with E-state index in [1.54, 1.807) is 42.7 Å². The predicted molar refractivity (Wildman–Crippen MR) is 143 cm³/mol. The molecule has 1 atom stereocenters. The van der Waals surface area contributed by atoms with Crippen LogP contribution < -0.4 is 20.7 Å². The summed E-state index contributed by atoms with van der Waals surface area (Å²) in [5, 5.41) is 11.7. The van der Waals surface area contributed by atoms with E-state index in [0.29, 0.717) is 31.2 Å². The van der Waals surface area contributed by atoms with Gasteiger partial charge in [-0.3, -0.25) is 14.7 Å². The highest BCUT2D eigenvalue weighted by molar-refractivity contribution is 14.0. The van der Waals surface area contributed by atoms with E-state index in [1.807, 2.05) is 0 Å². The van der Waals surface area contributed by atoms with Gasteiger partial charge in [-0.2, -0.15) is 0 Å². The van der Waals surface area contributed by atoms with Crippen molar-refractivity contribution in [1.82, 2.24) is 20.9 Å². The lowest BCUT2D eigenvalue weighted by Crippen LogP contribution is -2.42. The quantitative estimate of drug-likeness (QED) is 0.176. The normalized spacial score (nSPS) is 15.0. The number of nitrogens with one attached hydrogen (secondary N) is 3. The molecule has 1 amide bonds. The molecule has 0 bridgehead atoms. The number of thiophene rings is 1. The van der Waals surface area contributed by atoms with Crippen LogP contribution in [0.5, 0.6) is 5.75 Å². The van der Waals surface area contributed by atoms with Crippen LogP contribution in [0, 0.1) is 0 Å². The molecule has 0 saturated carbocycles. The lowest BCUT2D eigenvalue weighted by molar-refractivity contribution is 0.0954. The van der Waals surface area contributed by atoms with E-state index in [4.69, 9.17) is 9.73 Å². The van der Waals surface area contributed by atoms with E-state index >= 15 is 0 Å². The molecule has 1 unspecified atom stereocenters. The summed E-state index contributed by atoms with van der Waals surface area (Å²) in [5.41, 5.74) is 0.616. The zero-order valence-corrected chi connectivity index (χ0v) is 21.9. The minimum Gasteiger partial charge on any atom is -0.497 e. The summed E-state index contributed by atoms with van der Waals surface area (Å²) in [6.07, 6.45) is 2.52. The van der Waals surface area contributed by atoms with E-state index in [-0.39, 0.29) is 29.9 Å². The van der Waals surface area contributed by atoms with Crippen LogP contribution in [0.4, 0.5) is 0 Å². The third-order valence-corrected chi connectivity index (χ3v) is 6.25. The molecule has 1 aromatic carbocycles. The smallest absolute Gasteiger partial charge is 0.251 e. The molecule has 1 saturated heterocycles. The van der Waals surface area contributed by atoms with Crippen LogP contribution in [-0.4, -0.2) is 63.1 Å². The first-order valence-electron chi connectivity index (χ1n) is 10.9. The van der Waals surface area contributed by atoms with Gasteiger partial charge in [-0.1, -0.05) is 6.07 Å². The van der Waals surface area contributed by atoms with Gasteiger partial charge in [0.25, 0.3) is 5.91 Å². The summed E-state index contributed by atoms with van der Waals surface area (Å²) in [6.45, 7) is 6.95. The topological polar surface area (TPSA) is 78.0 Å². The second-order valence-corrected chi connectivity index (χ2v) is 8.38. The van der Waals surface area contributed by atoms with Crippen LogP contribution in [0.3, 0.4) is 0 Å². The van der Waals surface area contributed by atoms with Gasteiger partial charge in [0.05, 0.1) is 19.7 Å². The minimum atomic E-state index is -0.0989. The van der Waals surface area contributed by atoms with Gasteiger partial charge in [0, 0.05) is 30.1 Å². The Balaban J connectivity index is 0.00000363. The van der Waals surface area contributed by atoms with Crippen LogP contribution in [-0.2, 0) is 0 Å². The van der Waals surface area contributed by atoms with Crippen molar-refractivity contribution in [3.63, 3.8) is 0 Å². The maximum Gasteiger partial charge on any atom is 0.251 e. The Morgan fingerprint density at radius 3 is 2.47 bits per heavy atom. The van der Waals surface area contributed by atoms with Crippen molar-refractivity contribution < 1.29 is 9.53 Å². The molecule has 9 heteroatoms. The second kappa shape index (κ2) is 14.3. The largest absolute Gasteiger partial charge is 0.497 e. The Bertz CT molecular complexity index is 823. The number of carbonyl (C=O) groups excluding carboxylic acids is 1. The number of likely N-dealkylation sites (tertiary alicyclic amines) is 1. The van der Waals surface area contributed by atoms with Gasteiger partial charge in [-0.15, -0.1) is 35.3 Å². The molecular formula is C23H34IN5O2S. The van der Waals surface area contributed by atoms with E-state index in [9.17, 15) is 4.79 Å². The molecule has 1 fully saturated rings. The lowest BCUT2D eigenvalue weighted by Gasteiger charge is -2.25. The maximum atomic E-state index is 12.3. The molecule has 2 heterocycles. The summed E-state index contributed by atoms with van der Waals surface area (Å²) in [5.74, 6) is 1.42. The van der Waals surface area contributed by atoms with Gasteiger partial charge in [0.1, 0.15) is 5.75 Å². The van der Waals surface area contributed by atoms with Crippen LogP contribution in [0.15, 0.2) is 46.8 Å². The highest BCUT2D eigenvalue weighted by Gasteiger charge is 2.24. The fraction of sp³-hybridized carbons (Fsp3) is 0.478. The first-order valence-corrected chi connectivity index (χ1v) is 11.8. The van der Waals surface area contributed by atoms with Crippen molar-refractivity contribution in [2.45, 2.75) is 25.8 Å². The summed E-state index contributed by atoms with van der Waals surface area (Å²) in [7, 11) is 1.61. The molecule has 32 heavy (non-hydrogen) atoms. The van der Waals surface area contributed by atoms with E-state index in [2.05, 4.69) is 45.3 Å². The number of nitrogens with zero attached hydrogens (tertiary/aromatic N) is 2. The molecule has 1 aliphatic heterocycles. The zero-order valence-electron chi connectivity index (χ0n) is 18.8. The summed E-state index contributed by atoms with van der Waals surface area (Å²) >= 11 is 1.80. The molecule has 7 nitrogen and oxygen atoms in total. The molecule has 1 aliphatic rings. The number of benzene rings is 1. The lowest BCUT2D eigenvalue weighted by atomic mass is 10.2. The van der Waals surface area contributed by atoms with Crippen LogP contribution in [0.1, 0.15) is 41.0 Å². The minimum absolute atomic E-state index is 0. The number of aliphatic imine (C=N–C) groups is 1. The van der Waals surface area contributed by atoms with Gasteiger partial charge < -0.3 is 20.7 Å². The molecule has 0 aliphatic carbocycles. The zero-order chi connectivity index (χ0) is 21.9. The Morgan fingerprint density at radius 1 is 1.12 bits per heavy atom. The molecule has 0 radical (unpaired) electrons. The number of rotatable bonds is 10. The maximum absolute atomic E-state index is 12.3. The Labute approximate surface area is 212 Å². The average Bonchev–Trinajstić information content (AvgIpc) is 3.52. The highest BCUT2D eigenvalue weighted by atomic mass is 127. The van der Waals surface area contributed by atoms with Gasteiger partial charge in [0.15, 0.2) is 5.96 Å². The first kappa shape index (κ1) is 26.4. The first-order chi connectivity index (χ1) is 15.2. The van der Waals surface area contributed by atoms with Crippen molar-refractivity contribution in [2.24, 2.45) is 4.99 Å². The summed E-state index contributed by atoms with van der Waals surface area (Å²) in [4.78, 5) is 21.0. The molecule has 0 spiro atoms. The SMILES string of the molecule is CCNC(=NCC(c1cccs1)N1CCCC1)NCCNC(=O)c1ccc(OC)cc1.I. The van der Waals surface area contributed by atoms with Gasteiger partial charge in [0.2, 0.25) is 0 Å². The Hall–Kier alpha value is -1.85. The number of hydrogen-bond donors (Lipinski definition) is 3. The molecular weight excluding hydrogens is 537 g/mol. The fourth-order valence-electron chi connectivity index (χ4n) is 3.64. The predicted octanol–water partition coefficient (Wildman–Crippen LogP) is 3.50. The van der Waals surface area contributed by atoms with Gasteiger partial charge in [-0.05, 0) is 68.6 Å². The number of carbonyl (C=O) groups is 1. The summed E-state index contributed by atoms with van der Waals surface area (Å²) in [6, 6.07) is 11.7. The van der Waals surface area contributed by atoms with E-state index < -0.39 is 0 Å². The number of guanidine groups is 1. The Morgan fingerprint density at radius 2 is 1.84 bits per heavy atom. The van der Waals surface area contributed by atoms with E-state index in [0.717, 1.165) is 31.3 Å². The van der Waals surface area contributed by atoms with Crippen molar-refractivity contribution in [3.05, 3.63) is 52.2 Å². The standard InChI is InChI=1S/C23H33N5O2S.HI/c1-3-24-23(26-13-12-25-22(29)18-8-10-19(30-2)11-9-18)27-17-20(21-7-6-16-31-21)28-14-4-5-15-28;/h6-11,16,20H,3-5,12-15,17H2,1-2H3,(H,25,29)(H2,24,26,27);1H. The Kier molecular flexibility index (Phi) is 11.8. The number of amides is 1. The number of ether oxygens (including phenoxy) is 1. The van der Waals surface area contributed by atoms with Crippen LogP contribution in [0.2, 0.25) is 0 Å². The molecule has 3 rings (SSSR count). The van der Waals surface area contributed by atoms with Crippen molar-refractivity contribution in [1.29, 1.82) is 0 Å². The van der Waals surface area contributed by atoms with Crippen molar-refractivity contribution in [2.75, 3.05) is 46.4 Å². The molecule has 3 N–H and O–H groups in total. The number of methoxy groups -OCH3 is 1. The van der Waals surface area contributed by atoms with Crippen molar-refractivity contribution >= 4 is 47.2 Å². The summed E-state index contributed by atoms with van der Waals surface area (Å²) < 4.78 is 5.13. The molecule has 1 aromatic heterocycles. The van der Waals surface area contributed by atoms with Crippen molar-refractivity contribution in [3.8, 4) is 5.75 Å². The van der Waals surface area contributed by atoms with Crippen LogP contribution in [0.25, 0.3) is 0 Å². The van der Waals surface area contributed by atoms with Gasteiger partial charge in [-0.25, -0.2) is 0 Å². The monoisotopic (exact) mass is 571 g/mol. The third kappa shape index (κ3) is 7.93. The van der Waals surface area contributed by atoms with E-state index in [1.165, 1.54) is 17.7 Å². The fourth-order valence-corrected chi connectivity index (χ4v) is 4.49. The van der Waals surface area contributed by atoms with Crippen LogP contribution >= 0.6 is 35.3 Å². The number of hydrogen-bond acceptors (Lipinski definition) is 5. The highest BCUT2D eigenvalue weighted by Crippen LogP contribution is 2.28. The van der Waals surface area contributed by atoms with Gasteiger partial charge >= 0.3 is 0 Å². The average molecular weight is 572 g/mol. The third-order valence-electron chi connectivity index (χ3n) is 5.27. The molecule has 176 valence electrons.